The predicted molar refractivity (Wildman–Crippen MR) is 58.3 cm³/mol. The van der Waals surface area contributed by atoms with Gasteiger partial charge >= 0.3 is 0 Å². The van der Waals surface area contributed by atoms with E-state index >= 15 is 0 Å². The van der Waals surface area contributed by atoms with E-state index in [-0.39, 0.29) is 10.7 Å². The Morgan fingerprint density at radius 2 is 2.06 bits per heavy atom. The van der Waals surface area contributed by atoms with Gasteiger partial charge in [0.2, 0.25) is 10.0 Å². The normalized spacial score (nSPS) is 11.2. The molecule has 0 saturated heterocycles. The Morgan fingerprint density at radius 3 is 2.50 bits per heavy atom. The highest BCUT2D eigenvalue weighted by molar-refractivity contribution is 7.89. The first-order valence-electron chi connectivity index (χ1n) is 4.37. The number of carboxylic acid groups (broad SMARTS) is 1. The molecule has 0 aromatic heterocycles. The average molecular weight is 294 g/mol. The van der Waals surface area contributed by atoms with Gasteiger partial charge in [-0.05, 0) is 6.07 Å². The lowest BCUT2D eigenvalue weighted by Crippen LogP contribution is -2.37. The van der Waals surface area contributed by atoms with Crippen LogP contribution in [0.5, 0.6) is 0 Å². The van der Waals surface area contributed by atoms with Gasteiger partial charge in [0, 0.05) is 12.1 Å². The molecule has 98 valence electrons. The maximum absolute atomic E-state index is 11.6. The second-order valence-corrected chi connectivity index (χ2v) is 5.21. The molecule has 0 amide bonds. The molecule has 0 aliphatic heterocycles. The van der Waals surface area contributed by atoms with Gasteiger partial charge in [-0.1, -0.05) is 11.6 Å². The van der Waals surface area contributed by atoms with E-state index in [0.29, 0.717) is 0 Å². The van der Waals surface area contributed by atoms with Crippen molar-refractivity contribution in [3.63, 3.8) is 0 Å². The van der Waals surface area contributed by atoms with Crippen LogP contribution in [0.25, 0.3) is 0 Å². The minimum absolute atomic E-state index is 0.376. The summed E-state index contributed by atoms with van der Waals surface area (Å²) in [7, 11) is -4.15. The third kappa shape index (κ3) is 3.39. The highest BCUT2D eigenvalue weighted by Crippen LogP contribution is 2.25. The van der Waals surface area contributed by atoms with Crippen molar-refractivity contribution in [2.45, 2.75) is 4.90 Å². The molecular formula is C8H6ClN2O6S-. The summed E-state index contributed by atoms with van der Waals surface area (Å²) in [5.74, 6) is -1.61. The fourth-order valence-corrected chi connectivity index (χ4v) is 2.56. The van der Waals surface area contributed by atoms with Crippen LogP contribution < -0.4 is 9.83 Å². The van der Waals surface area contributed by atoms with Crippen LogP contribution in [0.1, 0.15) is 0 Å². The molecule has 0 unspecified atom stereocenters. The first kappa shape index (κ1) is 14.4. The molecule has 0 atom stereocenters. The maximum atomic E-state index is 11.6. The fourth-order valence-electron chi connectivity index (χ4n) is 1.05. The number of hydrogen-bond donors (Lipinski definition) is 1. The van der Waals surface area contributed by atoms with Gasteiger partial charge in [0.1, 0.15) is 4.90 Å². The minimum Gasteiger partial charge on any atom is -0.549 e. The molecule has 0 spiro atoms. The molecule has 0 radical (unpaired) electrons. The second-order valence-electron chi connectivity index (χ2n) is 3.07. The van der Waals surface area contributed by atoms with Crippen LogP contribution in [-0.2, 0) is 14.8 Å². The Labute approximate surface area is 106 Å². The lowest BCUT2D eigenvalue weighted by Gasteiger charge is -2.08. The molecule has 1 N–H and O–H groups in total. The first-order chi connectivity index (χ1) is 8.24. The number of halogens is 1. The first-order valence-corrected chi connectivity index (χ1v) is 6.23. The van der Waals surface area contributed by atoms with Gasteiger partial charge in [-0.2, -0.15) is 0 Å². The van der Waals surface area contributed by atoms with Crippen molar-refractivity contribution in [3.05, 3.63) is 33.3 Å². The minimum atomic E-state index is -4.15. The summed E-state index contributed by atoms with van der Waals surface area (Å²) in [5.41, 5.74) is -0.376. The Balaban J connectivity index is 3.10. The summed E-state index contributed by atoms with van der Waals surface area (Å²) in [6.45, 7) is -0.921. The van der Waals surface area contributed by atoms with Gasteiger partial charge in [-0.25, -0.2) is 13.1 Å². The number of nitro groups is 1. The molecule has 0 heterocycles. The fraction of sp³-hybridized carbons (Fsp3) is 0.125. The van der Waals surface area contributed by atoms with Crippen LogP contribution >= 0.6 is 11.6 Å². The quantitative estimate of drug-likeness (QED) is 0.563. The second kappa shape index (κ2) is 5.29. The zero-order chi connectivity index (χ0) is 13.9. The van der Waals surface area contributed by atoms with Crippen molar-refractivity contribution in [1.29, 1.82) is 0 Å². The summed E-state index contributed by atoms with van der Waals surface area (Å²) in [5, 5.41) is 20.2. The molecular weight excluding hydrogens is 288 g/mol. The number of benzene rings is 1. The standard InChI is InChI=1S/C8H7ClN2O6S/c9-6-3-5(11(14)15)1-2-7(6)18(16,17)10-4-8(12)13/h1-3,10H,4H2,(H,12,13)/p-1. The number of carbonyl (C=O) groups excluding carboxylic acids is 1. The van der Waals surface area contributed by atoms with Crippen molar-refractivity contribution in [2.75, 3.05) is 6.54 Å². The maximum Gasteiger partial charge on any atom is 0.271 e. The topological polar surface area (TPSA) is 129 Å². The van der Waals surface area contributed by atoms with Gasteiger partial charge in [0.05, 0.1) is 22.5 Å². The van der Waals surface area contributed by atoms with E-state index in [0.717, 1.165) is 18.2 Å². The Kier molecular flexibility index (Phi) is 4.22. The van der Waals surface area contributed by atoms with E-state index in [1.54, 1.807) is 4.72 Å². The third-order valence-corrected chi connectivity index (χ3v) is 3.71. The van der Waals surface area contributed by atoms with Crippen molar-refractivity contribution in [1.82, 2.24) is 4.72 Å². The Hall–Kier alpha value is -1.71. The van der Waals surface area contributed by atoms with E-state index in [4.69, 9.17) is 11.6 Å². The number of sulfonamides is 1. The molecule has 10 heteroatoms. The Bertz CT molecular complexity index is 600. The molecule has 0 aliphatic carbocycles. The van der Waals surface area contributed by atoms with Crippen LogP contribution in [0.4, 0.5) is 5.69 Å². The number of nitrogens with one attached hydrogen (secondary N) is 1. The zero-order valence-electron chi connectivity index (χ0n) is 8.62. The molecule has 0 fully saturated rings. The third-order valence-electron chi connectivity index (χ3n) is 1.82. The summed E-state index contributed by atoms with van der Waals surface area (Å²) in [6.07, 6.45) is 0. The highest BCUT2D eigenvalue weighted by Gasteiger charge is 2.20. The summed E-state index contributed by atoms with van der Waals surface area (Å²) < 4.78 is 24.9. The van der Waals surface area contributed by atoms with Crippen LogP contribution in [0.2, 0.25) is 5.02 Å². The van der Waals surface area contributed by atoms with Crippen LogP contribution in [-0.4, -0.2) is 25.9 Å². The molecule has 1 aromatic carbocycles. The van der Waals surface area contributed by atoms with Gasteiger partial charge in [-0.3, -0.25) is 10.1 Å². The van der Waals surface area contributed by atoms with Gasteiger partial charge < -0.3 is 9.90 Å². The lowest BCUT2D eigenvalue weighted by atomic mass is 10.3. The number of nitrogens with zero attached hydrogens (tertiary/aromatic N) is 1. The van der Waals surface area contributed by atoms with E-state index < -0.39 is 32.4 Å². The zero-order valence-corrected chi connectivity index (χ0v) is 10.2. The smallest absolute Gasteiger partial charge is 0.271 e. The summed E-state index contributed by atoms with van der Waals surface area (Å²) in [4.78, 5) is 19.4. The van der Waals surface area contributed by atoms with Gasteiger partial charge in [0.25, 0.3) is 5.69 Å². The van der Waals surface area contributed by atoms with E-state index in [1.807, 2.05) is 0 Å². The lowest BCUT2D eigenvalue weighted by molar-refractivity contribution is -0.384. The van der Waals surface area contributed by atoms with Gasteiger partial charge in [0.15, 0.2) is 0 Å². The number of rotatable bonds is 5. The van der Waals surface area contributed by atoms with E-state index in [1.165, 1.54) is 0 Å². The number of carbonyl (C=O) groups is 1. The largest absolute Gasteiger partial charge is 0.549 e. The van der Waals surface area contributed by atoms with Crippen LogP contribution in [0, 0.1) is 10.1 Å². The number of nitro benzene ring substituents is 1. The number of carboxylic acids is 1. The molecule has 1 aromatic rings. The van der Waals surface area contributed by atoms with Crippen LogP contribution in [0.15, 0.2) is 23.1 Å². The highest BCUT2D eigenvalue weighted by atomic mass is 35.5. The molecule has 0 bridgehead atoms. The monoisotopic (exact) mass is 293 g/mol. The SMILES string of the molecule is O=C([O-])CNS(=O)(=O)c1ccc([N+](=O)[O-])cc1Cl. The van der Waals surface area contributed by atoms with E-state index in [2.05, 4.69) is 0 Å². The molecule has 0 aliphatic rings. The number of aliphatic carboxylic acids is 1. The molecule has 1 rings (SSSR count). The molecule has 18 heavy (non-hydrogen) atoms. The van der Waals surface area contributed by atoms with Crippen molar-refractivity contribution < 1.29 is 23.2 Å². The summed E-state index contributed by atoms with van der Waals surface area (Å²) >= 11 is 5.59. The molecule has 0 saturated carbocycles. The van der Waals surface area contributed by atoms with Crippen molar-refractivity contribution >= 4 is 33.3 Å². The number of non-ortho nitro benzene ring substituents is 1. The summed E-state index contributed by atoms with van der Waals surface area (Å²) in [6, 6.07) is 2.71. The average Bonchev–Trinajstić information content (AvgIpc) is 2.26. The number of hydrogen-bond acceptors (Lipinski definition) is 6. The van der Waals surface area contributed by atoms with Crippen molar-refractivity contribution in [2.24, 2.45) is 0 Å². The van der Waals surface area contributed by atoms with Crippen LogP contribution in [0.3, 0.4) is 0 Å². The molecule has 8 nitrogen and oxygen atoms in total. The van der Waals surface area contributed by atoms with Crippen molar-refractivity contribution in [3.8, 4) is 0 Å². The Morgan fingerprint density at radius 1 is 1.44 bits per heavy atom. The van der Waals surface area contributed by atoms with Gasteiger partial charge in [-0.15, -0.1) is 0 Å². The predicted octanol–water partition coefficient (Wildman–Crippen LogP) is -0.724. The van der Waals surface area contributed by atoms with E-state index in [9.17, 15) is 28.4 Å².